The highest BCUT2D eigenvalue weighted by molar-refractivity contribution is 7.98. The molecule has 0 unspecified atom stereocenters. The fourth-order valence-corrected chi connectivity index (χ4v) is 5.10. The van der Waals surface area contributed by atoms with Crippen LogP contribution in [0.1, 0.15) is 30.9 Å². The minimum absolute atomic E-state index is 0.162. The maximum absolute atomic E-state index is 12.5. The maximum atomic E-state index is 12.5. The standard InChI is InChI=1S/C19H23Cl2NO3S2/c1-13(2)17-11-16(6-7-19(17)25-3)27(23,24)22-8-9-26-12-14-4-5-15(20)10-18(14)21/h4-7,10-11,13,22H,8-9,12H2,1-3H3. The molecule has 148 valence electrons. The number of hydrogen-bond donors (Lipinski definition) is 1. The van der Waals surface area contributed by atoms with E-state index >= 15 is 0 Å². The Morgan fingerprint density at radius 1 is 1.15 bits per heavy atom. The van der Waals surface area contributed by atoms with E-state index in [1.165, 1.54) is 0 Å². The van der Waals surface area contributed by atoms with Gasteiger partial charge in [0.05, 0.1) is 12.0 Å². The largest absolute Gasteiger partial charge is 0.496 e. The van der Waals surface area contributed by atoms with E-state index in [1.807, 2.05) is 19.9 Å². The fraction of sp³-hybridized carbons (Fsp3) is 0.368. The number of halogens is 2. The second-order valence-corrected chi connectivity index (χ2v) is 9.96. The molecule has 0 aliphatic heterocycles. The van der Waals surface area contributed by atoms with E-state index in [0.717, 1.165) is 11.1 Å². The predicted molar refractivity (Wildman–Crippen MR) is 115 cm³/mol. The Morgan fingerprint density at radius 3 is 2.52 bits per heavy atom. The van der Waals surface area contributed by atoms with Gasteiger partial charge < -0.3 is 4.74 Å². The molecule has 0 fully saturated rings. The van der Waals surface area contributed by atoms with E-state index in [-0.39, 0.29) is 10.8 Å². The van der Waals surface area contributed by atoms with Crippen molar-refractivity contribution in [3.05, 3.63) is 57.6 Å². The summed E-state index contributed by atoms with van der Waals surface area (Å²) in [4.78, 5) is 0.248. The normalized spacial score (nSPS) is 11.8. The Morgan fingerprint density at radius 2 is 1.89 bits per heavy atom. The van der Waals surface area contributed by atoms with E-state index < -0.39 is 10.0 Å². The van der Waals surface area contributed by atoms with Crippen LogP contribution in [0.25, 0.3) is 0 Å². The van der Waals surface area contributed by atoms with Gasteiger partial charge in [0.2, 0.25) is 10.0 Å². The molecular formula is C19H23Cl2NO3S2. The second-order valence-electron chi connectivity index (χ2n) is 6.24. The van der Waals surface area contributed by atoms with E-state index in [9.17, 15) is 8.42 Å². The van der Waals surface area contributed by atoms with Crippen molar-refractivity contribution in [2.24, 2.45) is 0 Å². The minimum Gasteiger partial charge on any atom is -0.496 e. The van der Waals surface area contributed by atoms with Gasteiger partial charge in [0.1, 0.15) is 5.75 Å². The summed E-state index contributed by atoms with van der Waals surface area (Å²) in [7, 11) is -1.98. The number of thioether (sulfide) groups is 1. The molecule has 0 heterocycles. The van der Waals surface area contributed by atoms with Crippen molar-refractivity contribution in [2.45, 2.75) is 30.4 Å². The molecule has 0 amide bonds. The number of ether oxygens (including phenoxy) is 1. The van der Waals surface area contributed by atoms with Gasteiger partial charge in [-0.25, -0.2) is 13.1 Å². The Hall–Kier alpha value is -0.920. The Labute approximate surface area is 175 Å². The van der Waals surface area contributed by atoms with Crippen LogP contribution in [-0.2, 0) is 15.8 Å². The van der Waals surface area contributed by atoms with Crippen LogP contribution in [0.2, 0.25) is 10.0 Å². The smallest absolute Gasteiger partial charge is 0.240 e. The number of nitrogens with one attached hydrogen (secondary N) is 1. The summed E-state index contributed by atoms with van der Waals surface area (Å²) < 4.78 is 33.0. The molecule has 0 saturated heterocycles. The van der Waals surface area contributed by atoms with Crippen LogP contribution < -0.4 is 9.46 Å². The van der Waals surface area contributed by atoms with Crippen LogP contribution in [0.5, 0.6) is 5.75 Å². The van der Waals surface area contributed by atoms with E-state index in [1.54, 1.807) is 49.2 Å². The lowest BCUT2D eigenvalue weighted by Gasteiger charge is -2.14. The van der Waals surface area contributed by atoms with E-state index in [0.29, 0.717) is 33.8 Å². The SMILES string of the molecule is COc1ccc(S(=O)(=O)NCCSCc2ccc(Cl)cc2Cl)cc1C(C)C. The number of benzene rings is 2. The van der Waals surface area contributed by atoms with Crippen molar-refractivity contribution in [3.63, 3.8) is 0 Å². The van der Waals surface area contributed by atoms with E-state index in [2.05, 4.69) is 4.72 Å². The molecule has 4 nitrogen and oxygen atoms in total. The summed E-state index contributed by atoms with van der Waals surface area (Å²) in [5, 5.41) is 1.22. The number of rotatable bonds is 9. The monoisotopic (exact) mass is 447 g/mol. The van der Waals surface area contributed by atoms with Gasteiger partial charge in [-0.3, -0.25) is 0 Å². The van der Waals surface area contributed by atoms with Crippen molar-refractivity contribution in [1.82, 2.24) is 4.72 Å². The van der Waals surface area contributed by atoms with Gasteiger partial charge in [-0.2, -0.15) is 11.8 Å². The third-order valence-corrected chi connectivity index (χ3v) is 7.00. The first-order valence-electron chi connectivity index (χ1n) is 8.44. The van der Waals surface area contributed by atoms with Crippen molar-refractivity contribution in [1.29, 1.82) is 0 Å². The molecular weight excluding hydrogens is 425 g/mol. The molecule has 2 aromatic carbocycles. The average molecular weight is 448 g/mol. The number of hydrogen-bond acceptors (Lipinski definition) is 4. The van der Waals surface area contributed by atoms with Gasteiger partial charge in [-0.05, 0) is 47.4 Å². The quantitative estimate of drug-likeness (QED) is 0.527. The Balaban J connectivity index is 1.92. The lowest BCUT2D eigenvalue weighted by Crippen LogP contribution is -2.26. The summed E-state index contributed by atoms with van der Waals surface area (Å²) in [6, 6.07) is 10.3. The Bertz CT molecular complexity index is 887. The molecule has 0 spiro atoms. The van der Waals surface area contributed by atoms with Gasteiger partial charge >= 0.3 is 0 Å². The highest BCUT2D eigenvalue weighted by atomic mass is 35.5. The van der Waals surface area contributed by atoms with Crippen LogP contribution in [0.4, 0.5) is 0 Å². The summed E-state index contributed by atoms with van der Waals surface area (Å²) >= 11 is 13.6. The van der Waals surface area contributed by atoms with Gasteiger partial charge in [0.25, 0.3) is 0 Å². The van der Waals surface area contributed by atoms with Crippen LogP contribution >= 0.6 is 35.0 Å². The lowest BCUT2D eigenvalue weighted by molar-refractivity contribution is 0.407. The zero-order valence-electron chi connectivity index (χ0n) is 15.5. The number of sulfonamides is 1. The molecule has 0 atom stereocenters. The predicted octanol–water partition coefficient (Wildman–Crippen LogP) is 5.34. The molecule has 0 radical (unpaired) electrons. The van der Waals surface area contributed by atoms with Crippen LogP contribution in [0.3, 0.4) is 0 Å². The number of methoxy groups -OCH3 is 1. The molecule has 0 saturated carbocycles. The third-order valence-electron chi connectivity index (χ3n) is 3.94. The van der Waals surface area contributed by atoms with Crippen molar-refractivity contribution < 1.29 is 13.2 Å². The molecule has 27 heavy (non-hydrogen) atoms. The summed E-state index contributed by atoms with van der Waals surface area (Å²) in [5.74, 6) is 2.18. The molecule has 1 N–H and O–H groups in total. The highest BCUT2D eigenvalue weighted by Crippen LogP contribution is 2.29. The first kappa shape index (κ1) is 22.4. The first-order valence-corrected chi connectivity index (χ1v) is 11.8. The zero-order valence-corrected chi connectivity index (χ0v) is 18.6. The van der Waals surface area contributed by atoms with Gasteiger partial charge in [-0.15, -0.1) is 0 Å². The molecule has 2 rings (SSSR count). The first-order chi connectivity index (χ1) is 12.7. The van der Waals surface area contributed by atoms with Crippen molar-refractivity contribution >= 4 is 45.0 Å². The van der Waals surface area contributed by atoms with Crippen LogP contribution in [0.15, 0.2) is 41.3 Å². The molecule has 0 bridgehead atoms. The van der Waals surface area contributed by atoms with Crippen molar-refractivity contribution in [2.75, 3.05) is 19.4 Å². The van der Waals surface area contributed by atoms with Gasteiger partial charge in [0.15, 0.2) is 0 Å². The maximum Gasteiger partial charge on any atom is 0.240 e. The highest BCUT2D eigenvalue weighted by Gasteiger charge is 2.17. The summed E-state index contributed by atoms with van der Waals surface area (Å²) in [5.41, 5.74) is 1.85. The van der Waals surface area contributed by atoms with Crippen molar-refractivity contribution in [3.8, 4) is 5.75 Å². The summed E-state index contributed by atoms with van der Waals surface area (Å²) in [6.07, 6.45) is 0. The summed E-state index contributed by atoms with van der Waals surface area (Å²) in [6.45, 7) is 4.33. The topological polar surface area (TPSA) is 55.4 Å². The fourth-order valence-electron chi connectivity index (χ4n) is 2.48. The Kier molecular flexibility index (Phi) is 8.31. The van der Waals surface area contributed by atoms with Crippen LogP contribution in [-0.4, -0.2) is 27.8 Å². The molecule has 0 aliphatic carbocycles. The third kappa shape index (κ3) is 6.29. The lowest BCUT2D eigenvalue weighted by atomic mass is 10.0. The molecule has 0 aromatic heterocycles. The molecule has 2 aromatic rings. The second kappa shape index (κ2) is 10.0. The van der Waals surface area contributed by atoms with Gasteiger partial charge in [-0.1, -0.05) is 43.1 Å². The molecule has 0 aliphatic rings. The van der Waals surface area contributed by atoms with Crippen LogP contribution in [0, 0.1) is 0 Å². The molecule has 8 heteroatoms. The van der Waals surface area contributed by atoms with Gasteiger partial charge in [0, 0.05) is 28.1 Å². The average Bonchev–Trinajstić information content (AvgIpc) is 2.62. The zero-order chi connectivity index (χ0) is 20.0. The van der Waals surface area contributed by atoms with E-state index in [4.69, 9.17) is 27.9 Å². The minimum atomic E-state index is -3.56.